The SMILES string of the molecule is COc1cc(F)c(C(C)(C)CCNCC(C)C)c(F)c1. The van der Waals surface area contributed by atoms with E-state index in [-0.39, 0.29) is 11.3 Å². The number of hydrogen-bond acceptors (Lipinski definition) is 2. The van der Waals surface area contributed by atoms with Gasteiger partial charge >= 0.3 is 0 Å². The molecular formula is C16H25F2NO. The molecule has 4 heteroatoms. The number of nitrogens with one attached hydrogen (secondary N) is 1. The fourth-order valence-corrected chi connectivity index (χ4v) is 2.23. The van der Waals surface area contributed by atoms with E-state index in [4.69, 9.17) is 4.74 Å². The molecule has 2 nitrogen and oxygen atoms in total. The lowest BCUT2D eigenvalue weighted by molar-refractivity contribution is 0.384. The summed E-state index contributed by atoms with van der Waals surface area (Å²) in [7, 11) is 1.40. The van der Waals surface area contributed by atoms with Crippen LogP contribution in [0.5, 0.6) is 5.75 Å². The molecule has 1 aromatic rings. The molecule has 20 heavy (non-hydrogen) atoms. The quantitative estimate of drug-likeness (QED) is 0.767. The highest BCUT2D eigenvalue weighted by Crippen LogP contribution is 2.33. The van der Waals surface area contributed by atoms with E-state index >= 15 is 0 Å². The van der Waals surface area contributed by atoms with Gasteiger partial charge < -0.3 is 10.1 Å². The molecule has 0 unspecified atom stereocenters. The lowest BCUT2D eigenvalue weighted by Gasteiger charge is -2.27. The van der Waals surface area contributed by atoms with Crippen LogP contribution in [0.25, 0.3) is 0 Å². The molecule has 0 aliphatic rings. The standard InChI is InChI=1S/C16H25F2NO/c1-11(2)10-19-7-6-16(3,4)15-13(17)8-12(20-5)9-14(15)18/h8-9,11,19H,6-7,10H2,1-5H3. The van der Waals surface area contributed by atoms with Crippen LogP contribution in [0.4, 0.5) is 8.78 Å². The molecular weight excluding hydrogens is 260 g/mol. The second-order valence-corrected chi connectivity index (χ2v) is 6.20. The first kappa shape index (κ1) is 16.9. The summed E-state index contributed by atoms with van der Waals surface area (Å²) in [5.74, 6) is -0.323. The highest BCUT2D eigenvalue weighted by atomic mass is 19.1. The van der Waals surface area contributed by atoms with E-state index in [1.165, 1.54) is 19.2 Å². The summed E-state index contributed by atoms with van der Waals surface area (Å²) in [6.07, 6.45) is 0.667. The Bertz CT molecular complexity index is 421. The summed E-state index contributed by atoms with van der Waals surface area (Å²) in [5, 5.41) is 3.30. The van der Waals surface area contributed by atoms with Crippen molar-refractivity contribution in [3.8, 4) is 5.75 Å². The van der Waals surface area contributed by atoms with Crippen molar-refractivity contribution in [2.75, 3.05) is 20.2 Å². The predicted octanol–water partition coefficient (Wildman–Crippen LogP) is 3.89. The van der Waals surface area contributed by atoms with Crippen molar-refractivity contribution in [3.05, 3.63) is 29.3 Å². The fraction of sp³-hybridized carbons (Fsp3) is 0.625. The first-order valence-electron chi connectivity index (χ1n) is 7.02. The topological polar surface area (TPSA) is 21.3 Å². The molecule has 114 valence electrons. The zero-order valence-corrected chi connectivity index (χ0v) is 13.0. The number of halogens is 2. The van der Waals surface area contributed by atoms with Crippen molar-refractivity contribution in [2.45, 2.75) is 39.5 Å². The minimum absolute atomic E-state index is 0.129. The van der Waals surface area contributed by atoms with Gasteiger partial charge in [0.25, 0.3) is 0 Å². The van der Waals surface area contributed by atoms with Gasteiger partial charge in [0.15, 0.2) is 0 Å². The lowest BCUT2D eigenvalue weighted by Crippen LogP contribution is -2.29. The molecule has 0 aromatic heterocycles. The minimum Gasteiger partial charge on any atom is -0.497 e. The van der Waals surface area contributed by atoms with Crippen LogP contribution in [-0.2, 0) is 5.41 Å². The average molecular weight is 285 g/mol. The number of methoxy groups -OCH3 is 1. The molecule has 1 N–H and O–H groups in total. The summed E-state index contributed by atoms with van der Waals surface area (Å²) in [4.78, 5) is 0. The van der Waals surface area contributed by atoms with Crippen LogP contribution in [0, 0.1) is 17.6 Å². The second-order valence-electron chi connectivity index (χ2n) is 6.20. The maximum absolute atomic E-state index is 14.1. The summed E-state index contributed by atoms with van der Waals surface area (Å²) >= 11 is 0. The van der Waals surface area contributed by atoms with Gasteiger partial charge in [0, 0.05) is 17.7 Å². The normalized spacial score (nSPS) is 12.0. The molecule has 0 aliphatic heterocycles. The van der Waals surface area contributed by atoms with Crippen molar-refractivity contribution >= 4 is 0 Å². The van der Waals surface area contributed by atoms with Gasteiger partial charge in [-0.1, -0.05) is 27.7 Å². The summed E-state index contributed by atoms with van der Waals surface area (Å²) in [6.45, 7) is 9.61. The molecule has 0 heterocycles. The van der Waals surface area contributed by atoms with Gasteiger partial charge in [-0.2, -0.15) is 0 Å². The molecule has 0 atom stereocenters. The van der Waals surface area contributed by atoms with E-state index in [0.717, 1.165) is 13.1 Å². The van der Waals surface area contributed by atoms with Crippen LogP contribution in [0.15, 0.2) is 12.1 Å². The first-order chi connectivity index (χ1) is 9.27. The molecule has 1 aromatic carbocycles. The Morgan fingerprint density at radius 1 is 1.20 bits per heavy atom. The number of hydrogen-bond donors (Lipinski definition) is 1. The molecule has 1 rings (SSSR count). The van der Waals surface area contributed by atoms with E-state index in [1.807, 2.05) is 13.8 Å². The number of rotatable bonds is 7. The number of benzene rings is 1. The molecule has 0 spiro atoms. The fourth-order valence-electron chi connectivity index (χ4n) is 2.23. The summed E-state index contributed by atoms with van der Waals surface area (Å²) in [5.41, 5.74) is -0.436. The molecule has 0 bridgehead atoms. The first-order valence-corrected chi connectivity index (χ1v) is 7.02. The molecule has 0 fully saturated rings. The molecule has 0 saturated heterocycles. The van der Waals surface area contributed by atoms with Crippen LogP contribution < -0.4 is 10.1 Å². The molecule has 0 amide bonds. The highest BCUT2D eigenvalue weighted by molar-refractivity contribution is 5.34. The van der Waals surface area contributed by atoms with Gasteiger partial charge in [-0.15, -0.1) is 0 Å². The van der Waals surface area contributed by atoms with Crippen LogP contribution in [0.1, 0.15) is 39.7 Å². The van der Waals surface area contributed by atoms with Gasteiger partial charge in [0.2, 0.25) is 0 Å². The second kappa shape index (κ2) is 7.02. The van der Waals surface area contributed by atoms with Gasteiger partial charge in [0.05, 0.1) is 7.11 Å². The lowest BCUT2D eigenvalue weighted by atomic mass is 9.80. The van der Waals surface area contributed by atoms with Gasteiger partial charge in [-0.25, -0.2) is 8.78 Å². The third-order valence-corrected chi connectivity index (χ3v) is 3.41. The van der Waals surface area contributed by atoms with Crippen LogP contribution >= 0.6 is 0 Å². The van der Waals surface area contributed by atoms with Crippen molar-refractivity contribution in [2.24, 2.45) is 5.92 Å². The largest absolute Gasteiger partial charge is 0.497 e. The van der Waals surface area contributed by atoms with Crippen molar-refractivity contribution in [3.63, 3.8) is 0 Å². The minimum atomic E-state index is -0.565. The predicted molar refractivity (Wildman–Crippen MR) is 78.3 cm³/mol. The Morgan fingerprint density at radius 3 is 2.20 bits per heavy atom. The van der Waals surface area contributed by atoms with E-state index in [0.29, 0.717) is 12.3 Å². The number of ether oxygens (including phenoxy) is 1. The third kappa shape index (κ3) is 4.44. The van der Waals surface area contributed by atoms with E-state index in [1.54, 1.807) is 0 Å². The van der Waals surface area contributed by atoms with Gasteiger partial charge in [0.1, 0.15) is 17.4 Å². The Kier molecular flexibility index (Phi) is 5.93. The van der Waals surface area contributed by atoms with Gasteiger partial charge in [-0.3, -0.25) is 0 Å². The van der Waals surface area contributed by atoms with E-state index < -0.39 is 17.0 Å². The molecule has 0 radical (unpaired) electrons. The van der Waals surface area contributed by atoms with Crippen molar-refractivity contribution < 1.29 is 13.5 Å². The summed E-state index contributed by atoms with van der Waals surface area (Å²) in [6, 6.07) is 2.48. The van der Waals surface area contributed by atoms with Crippen LogP contribution in [0.3, 0.4) is 0 Å². The monoisotopic (exact) mass is 285 g/mol. The van der Waals surface area contributed by atoms with Crippen molar-refractivity contribution in [1.29, 1.82) is 0 Å². The van der Waals surface area contributed by atoms with Crippen molar-refractivity contribution in [1.82, 2.24) is 5.32 Å². The van der Waals surface area contributed by atoms with Crippen LogP contribution in [-0.4, -0.2) is 20.2 Å². The van der Waals surface area contributed by atoms with E-state index in [2.05, 4.69) is 19.2 Å². The zero-order valence-electron chi connectivity index (χ0n) is 13.0. The average Bonchev–Trinajstić information content (AvgIpc) is 2.33. The Morgan fingerprint density at radius 2 is 1.75 bits per heavy atom. The molecule has 0 aliphatic carbocycles. The maximum Gasteiger partial charge on any atom is 0.133 e. The van der Waals surface area contributed by atoms with E-state index in [9.17, 15) is 8.78 Å². The van der Waals surface area contributed by atoms with Crippen LogP contribution in [0.2, 0.25) is 0 Å². The smallest absolute Gasteiger partial charge is 0.133 e. The molecule has 0 saturated carbocycles. The maximum atomic E-state index is 14.1. The summed E-state index contributed by atoms with van der Waals surface area (Å²) < 4.78 is 33.1. The Hall–Kier alpha value is -1.16. The highest BCUT2D eigenvalue weighted by Gasteiger charge is 2.28. The zero-order chi connectivity index (χ0) is 15.3. The van der Waals surface area contributed by atoms with Gasteiger partial charge in [-0.05, 0) is 30.8 Å². The third-order valence-electron chi connectivity index (χ3n) is 3.41. The Balaban J connectivity index is 2.81. The Labute approximate surface area is 120 Å².